The Labute approximate surface area is 87.8 Å². The molecule has 3 unspecified atom stereocenters. The van der Waals surface area contributed by atoms with Crippen LogP contribution in [0.3, 0.4) is 0 Å². The minimum Gasteiger partial charge on any atom is -0.329 e. The van der Waals surface area contributed by atoms with E-state index in [4.69, 9.17) is 5.73 Å². The Bertz CT molecular complexity index is 179. The maximum absolute atomic E-state index is 5.89. The Kier molecular flexibility index (Phi) is 3.13. The lowest BCUT2D eigenvalue weighted by molar-refractivity contribution is 0.0882. The third-order valence-corrected chi connectivity index (χ3v) is 3.77. The van der Waals surface area contributed by atoms with Gasteiger partial charge in [-0.1, -0.05) is 13.8 Å². The van der Waals surface area contributed by atoms with Crippen molar-refractivity contribution in [1.82, 2.24) is 4.90 Å². The lowest BCUT2D eigenvalue weighted by Gasteiger charge is -2.40. The predicted octanol–water partition coefficient (Wildman–Crippen LogP) is 1.70. The van der Waals surface area contributed by atoms with E-state index in [0.717, 1.165) is 24.3 Å². The summed E-state index contributed by atoms with van der Waals surface area (Å²) in [7, 11) is 0. The molecule has 2 N–H and O–H groups in total. The second kappa shape index (κ2) is 4.19. The monoisotopic (exact) mass is 196 g/mol. The zero-order valence-corrected chi connectivity index (χ0v) is 9.58. The van der Waals surface area contributed by atoms with Gasteiger partial charge in [0.2, 0.25) is 0 Å². The van der Waals surface area contributed by atoms with Gasteiger partial charge in [-0.3, -0.25) is 4.90 Å². The second-order valence-corrected chi connectivity index (χ2v) is 5.54. The molecule has 0 amide bonds. The van der Waals surface area contributed by atoms with E-state index in [9.17, 15) is 0 Å². The first kappa shape index (κ1) is 10.4. The molecular weight excluding hydrogens is 172 g/mol. The normalized spacial score (nSPS) is 37.1. The van der Waals surface area contributed by atoms with Crippen molar-refractivity contribution >= 4 is 0 Å². The van der Waals surface area contributed by atoms with Gasteiger partial charge in [0, 0.05) is 25.7 Å². The summed E-state index contributed by atoms with van der Waals surface area (Å²) >= 11 is 0. The molecule has 2 heteroatoms. The zero-order chi connectivity index (χ0) is 10.1. The number of piperidine rings is 1. The van der Waals surface area contributed by atoms with E-state index in [1.165, 1.54) is 32.4 Å². The van der Waals surface area contributed by atoms with Gasteiger partial charge in [-0.2, -0.15) is 0 Å². The summed E-state index contributed by atoms with van der Waals surface area (Å²) in [6.07, 6.45) is 4.24. The molecule has 82 valence electrons. The summed E-state index contributed by atoms with van der Waals surface area (Å²) in [6.45, 7) is 8.18. The van der Waals surface area contributed by atoms with E-state index in [2.05, 4.69) is 18.7 Å². The molecule has 0 spiro atoms. The molecule has 2 rings (SSSR count). The van der Waals surface area contributed by atoms with Gasteiger partial charge in [0.05, 0.1) is 0 Å². The molecule has 1 saturated heterocycles. The first-order valence-corrected chi connectivity index (χ1v) is 6.14. The maximum atomic E-state index is 5.89. The number of nitrogens with zero attached hydrogens (tertiary/aromatic N) is 1. The van der Waals surface area contributed by atoms with Crippen molar-refractivity contribution < 1.29 is 0 Å². The van der Waals surface area contributed by atoms with Crippen LogP contribution in [0.25, 0.3) is 0 Å². The SMILES string of the molecule is CC1CC(C)CN(C(CN)C2CC2)C1. The van der Waals surface area contributed by atoms with Gasteiger partial charge >= 0.3 is 0 Å². The first-order chi connectivity index (χ1) is 6.70. The van der Waals surface area contributed by atoms with Crippen molar-refractivity contribution in [1.29, 1.82) is 0 Å². The Hall–Kier alpha value is -0.0800. The van der Waals surface area contributed by atoms with Crippen LogP contribution in [-0.2, 0) is 0 Å². The number of rotatable bonds is 3. The van der Waals surface area contributed by atoms with Crippen LogP contribution in [0.5, 0.6) is 0 Å². The maximum Gasteiger partial charge on any atom is 0.0246 e. The van der Waals surface area contributed by atoms with Gasteiger partial charge in [-0.05, 0) is 37.0 Å². The lowest BCUT2D eigenvalue weighted by atomic mass is 9.90. The smallest absolute Gasteiger partial charge is 0.0246 e. The summed E-state index contributed by atoms with van der Waals surface area (Å²) in [5.41, 5.74) is 5.89. The Balaban J connectivity index is 1.93. The Morgan fingerprint density at radius 3 is 2.21 bits per heavy atom. The molecule has 2 aliphatic rings. The van der Waals surface area contributed by atoms with Gasteiger partial charge in [0.1, 0.15) is 0 Å². The summed E-state index contributed by atoms with van der Waals surface area (Å²) in [5.74, 6) is 2.66. The molecule has 0 aromatic heterocycles. The number of hydrogen-bond donors (Lipinski definition) is 1. The Morgan fingerprint density at radius 2 is 1.79 bits per heavy atom. The largest absolute Gasteiger partial charge is 0.329 e. The number of nitrogens with two attached hydrogens (primary N) is 1. The van der Waals surface area contributed by atoms with Crippen LogP contribution >= 0.6 is 0 Å². The molecule has 3 atom stereocenters. The van der Waals surface area contributed by atoms with E-state index in [1.54, 1.807) is 0 Å². The molecule has 1 heterocycles. The van der Waals surface area contributed by atoms with Crippen molar-refractivity contribution in [3.63, 3.8) is 0 Å². The molecule has 1 saturated carbocycles. The third kappa shape index (κ3) is 2.29. The fourth-order valence-electron chi connectivity index (χ4n) is 3.10. The lowest BCUT2D eigenvalue weighted by Crippen LogP contribution is -2.49. The van der Waals surface area contributed by atoms with Gasteiger partial charge < -0.3 is 5.73 Å². The predicted molar refractivity (Wildman–Crippen MR) is 60.1 cm³/mol. The van der Waals surface area contributed by atoms with Crippen LogP contribution in [0, 0.1) is 17.8 Å². The van der Waals surface area contributed by atoms with Crippen molar-refractivity contribution in [3.8, 4) is 0 Å². The van der Waals surface area contributed by atoms with Crippen LogP contribution in [0.4, 0.5) is 0 Å². The highest BCUT2D eigenvalue weighted by Gasteiger charge is 2.36. The zero-order valence-electron chi connectivity index (χ0n) is 9.58. The van der Waals surface area contributed by atoms with E-state index in [1.807, 2.05) is 0 Å². The average molecular weight is 196 g/mol. The molecule has 0 bridgehead atoms. The fraction of sp³-hybridized carbons (Fsp3) is 1.00. The van der Waals surface area contributed by atoms with Crippen LogP contribution in [0.2, 0.25) is 0 Å². The van der Waals surface area contributed by atoms with Crippen molar-refractivity contribution in [3.05, 3.63) is 0 Å². The Morgan fingerprint density at radius 1 is 1.21 bits per heavy atom. The standard InChI is InChI=1S/C12H24N2/c1-9-5-10(2)8-14(7-9)12(6-13)11-3-4-11/h9-12H,3-8,13H2,1-2H3. The van der Waals surface area contributed by atoms with Crippen molar-refractivity contribution in [2.45, 2.75) is 39.2 Å². The molecule has 0 radical (unpaired) electrons. The molecule has 2 fully saturated rings. The molecule has 1 aliphatic carbocycles. The first-order valence-electron chi connectivity index (χ1n) is 6.14. The van der Waals surface area contributed by atoms with E-state index >= 15 is 0 Å². The van der Waals surface area contributed by atoms with Crippen LogP contribution in [0.1, 0.15) is 33.1 Å². The molecule has 0 aromatic rings. The highest BCUT2D eigenvalue weighted by molar-refractivity contribution is 4.91. The highest BCUT2D eigenvalue weighted by atomic mass is 15.2. The van der Waals surface area contributed by atoms with E-state index < -0.39 is 0 Å². The highest BCUT2D eigenvalue weighted by Crippen LogP contribution is 2.36. The van der Waals surface area contributed by atoms with E-state index in [-0.39, 0.29) is 0 Å². The number of likely N-dealkylation sites (tertiary alicyclic amines) is 1. The topological polar surface area (TPSA) is 29.3 Å². The number of hydrogen-bond acceptors (Lipinski definition) is 2. The molecule has 0 aromatic carbocycles. The minimum absolute atomic E-state index is 0.695. The van der Waals surface area contributed by atoms with E-state index in [0.29, 0.717) is 6.04 Å². The van der Waals surface area contributed by atoms with Gasteiger partial charge in [0.15, 0.2) is 0 Å². The van der Waals surface area contributed by atoms with Gasteiger partial charge in [-0.25, -0.2) is 0 Å². The summed E-state index contributed by atoms with van der Waals surface area (Å²) in [6, 6.07) is 0.695. The van der Waals surface area contributed by atoms with Gasteiger partial charge in [-0.15, -0.1) is 0 Å². The average Bonchev–Trinajstić information content (AvgIpc) is 2.87. The summed E-state index contributed by atoms with van der Waals surface area (Å²) in [4.78, 5) is 2.66. The second-order valence-electron chi connectivity index (χ2n) is 5.54. The van der Waals surface area contributed by atoms with Crippen LogP contribution < -0.4 is 5.73 Å². The molecular formula is C12H24N2. The van der Waals surface area contributed by atoms with Gasteiger partial charge in [0.25, 0.3) is 0 Å². The summed E-state index contributed by atoms with van der Waals surface area (Å²) in [5, 5.41) is 0. The molecule has 14 heavy (non-hydrogen) atoms. The fourth-order valence-corrected chi connectivity index (χ4v) is 3.10. The van der Waals surface area contributed by atoms with Crippen LogP contribution in [-0.4, -0.2) is 30.6 Å². The third-order valence-electron chi connectivity index (χ3n) is 3.77. The van der Waals surface area contributed by atoms with Crippen LogP contribution in [0.15, 0.2) is 0 Å². The summed E-state index contributed by atoms with van der Waals surface area (Å²) < 4.78 is 0. The molecule has 1 aliphatic heterocycles. The van der Waals surface area contributed by atoms with Crippen molar-refractivity contribution in [2.75, 3.05) is 19.6 Å². The van der Waals surface area contributed by atoms with Crippen molar-refractivity contribution in [2.24, 2.45) is 23.5 Å². The molecule has 2 nitrogen and oxygen atoms in total. The quantitative estimate of drug-likeness (QED) is 0.744. The minimum atomic E-state index is 0.695.